The maximum Gasteiger partial charge on any atom is 0.514 e. The molecule has 0 aromatic heterocycles. The SMILES string of the molecule is CCCCCCCCCCCCCCCC(=O)OCC(COC(=O)CCCCCCCCCCCCCCC)OC(=O)CCC(=O)Oc1ccc(COC(=O)Oc2ccc(CC(C)=O)cc2)cc1. The molecule has 0 radical (unpaired) electrons. The Morgan fingerprint density at radius 1 is 0.397 bits per heavy atom. The van der Waals surface area contributed by atoms with Crippen LogP contribution in [-0.2, 0) is 55.9 Å². The van der Waals surface area contributed by atoms with Crippen molar-refractivity contribution >= 4 is 35.8 Å². The molecule has 0 atom stereocenters. The van der Waals surface area contributed by atoms with Gasteiger partial charge in [0.25, 0.3) is 0 Å². The van der Waals surface area contributed by atoms with Gasteiger partial charge in [-0.1, -0.05) is 192 Å². The quantitative estimate of drug-likeness (QED) is 0.0204. The standard InChI is InChI=1S/C56H86O12/c1-4-6-8-10-12-14-16-18-20-22-24-26-28-30-52(58)63-44-51(45-64-53(59)31-29-27-25-23-21-19-17-15-13-11-9-7-5-2)67-55(61)41-40-54(60)66-49-38-34-48(35-39-49)43-65-56(62)68-50-36-32-47(33-37-50)42-46(3)57/h32-39,51H,4-31,40-45H2,1-3H3. The molecule has 0 saturated heterocycles. The van der Waals surface area contributed by atoms with E-state index in [2.05, 4.69) is 13.8 Å². The van der Waals surface area contributed by atoms with E-state index in [-0.39, 0.29) is 62.8 Å². The first-order chi connectivity index (χ1) is 33.1. The van der Waals surface area contributed by atoms with E-state index in [1.807, 2.05) is 0 Å². The summed E-state index contributed by atoms with van der Waals surface area (Å²) in [4.78, 5) is 74.3. The maximum atomic E-state index is 12.9. The van der Waals surface area contributed by atoms with Gasteiger partial charge >= 0.3 is 30.0 Å². The third-order valence-electron chi connectivity index (χ3n) is 11.8. The smallest absolute Gasteiger partial charge is 0.462 e. The summed E-state index contributed by atoms with van der Waals surface area (Å²) in [6.45, 7) is 5.37. The van der Waals surface area contributed by atoms with Crippen LogP contribution in [0.3, 0.4) is 0 Å². The highest BCUT2D eigenvalue weighted by Gasteiger charge is 2.21. The predicted molar refractivity (Wildman–Crippen MR) is 265 cm³/mol. The van der Waals surface area contributed by atoms with Crippen LogP contribution in [0.5, 0.6) is 11.5 Å². The number of Topliss-reactive ketones (excluding diaryl/α,β-unsaturated/α-hetero) is 1. The predicted octanol–water partition coefficient (Wildman–Crippen LogP) is 14.2. The molecule has 0 aliphatic rings. The van der Waals surface area contributed by atoms with Crippen LogP contribution in [-0.4, -0.2) is 55.1 Å². The number of benzene rings is 2. The highest BCUT2D eigenvalue weighted by Crippen LogP contribution is 2.18. The fraction of sp³-hybridized carbons (Fsp3) is 0.679. The van der Waals surface area contributed by atoms with E-state index in [0.29, 0.717) is 24.8 Å². The lowest BCUT2D eigenvalue weighted by molar-refractivity contribution is -0.167. The molecule has 12 nitrogen and oxygen atoms in total. The van der Waals surface area contributed by atoms with Crippen molar-refractivity contribution in [2.75, 3.05) is 13.2 Å². The monoisotopic (exact) mass is 951 g/mol. The minimum absolute atomic E-state index is 0.0291. The van der Waals surface area contributed by atoms with E-state index in [0.717, 1.165) is 44.1 Å². The van der Waals surface area contributed by atoms with Crippen LogP contribution in [0.2, 0.25) is 0 Å². The molecular formula is C56H86O12. The molecule has 0 saturated carbocycles. The fourth-order valence-corrected chi connectivity index (χ4v) is 7.72. The van der Waals surface area contributed by atoms with Crippen LogP contribution in [0.25, 0.3) is 0 Å². The minimum Gasteiger partial charge on any atom is -0.462 e. The molecule has 68 heavy (non-hydrogen) atoms. The average Bonchev–Trinajstić information content (AvgIpc) is 3.32. The second-order valence-corrected chi connectivity index (χ2v) is 18.2. The minimum atomic E-state index is -1.02. The van der Waals surface area contributed by atoms with Crippen molar-refractivity contribution in [3.8, 4) is 11.5 Å². The first kappa shape index (κ1) is 59.4. The average molecular weight is 951 g/mol. The molecule has 2 aromatic carbocycles. The fourth-order valence-electron chi connectivity index (χ4n) is 7.72. The van der Waals surface area contributed by atoms with Gasteiger partial charge in [-0.2, -0.15) is 0 Å². The van der Waals surface area contributed by atoms with E-state index < -0.39 is 36.1 Å². The van der Waals surface area contributed by atoms with Gasteiger partial charge in [0.2, 0.25) is 0 Å². The molecule has 0 aliphatic carbocycles. The van der Waals surface area contributed by atoms with E-state index in [1.54, 1.807) is 36.4 Å². The molecule has 0 N–H and O–H groups in total. The Morgan fingerprint density at radius 3 is 1.18 bits per heavy atom. The Labute approximate surface area is 408 Å². The normalized spacial score (nSPS) is 11.0. The topological polar surface area (TPSA) is 158 Å². The number of ketones is 1. The van der Waals surface area contributed by atoms with Crippen molar-refractivity contribution in [1.29, 1.82) is 0 Å². The molecule has 0 aliphatic heterocycles. The summed E-state index contributed by atoms with van der Waals surface area (Å²) < 4.78 is 32.2. The molecular weight excluding hydrogens is 865 g/mol. The molecule has 0 spiro atoms. The first-order valence-corrected chi connectivity index (χ1v) is 26.3. The third kappa shape index (κ3) is 33.7. The highest BCUT2D eigenvalue weighted by atomic mass is 16.7. The first-order valence-electron chi connectivity index (χ1n) is 26.3. The molecule has 2 rings (SSSR count). The molecule has 0 fully saturated rings. The Bertz CT molecular complexity index is 1610. The second-order valence-electron chi connectivity index (χ2n) is 18.2. The summed E-state index contributed by atoms with van der Waals surface area (Å²) in [6, 6.07) is 12.9. The zero-order valence-corrected chi connectivity index (χ0v) is 42.1. The van der Waals surface area contributed by atoms with Gasteiger partial charge < -0.3 is 28.4 Å². The highest BCUT2D eigenvalue weighted by molar-refractivity contribution is 5.79. The van der Waals surface area contributed by atoms with Crippen LogP contribution >= 0.6 is 0 Å². The summed E-state index contributed by atoms with van der Waals surface area (Å²) in [6.07, 6.45) is 29.5. The van der Waals surface area contributed by atoms with Gasteiger partial charge in [-0.05, 0) is 55.2 Å². The lowest BCUT2D eigenvalue weighted by Gasteiger charge is -2.18. The summed E-state index contributed by atoms with van der Waals surface area (Å²) in [5, 5.41) is 0. The van der Waals surface area contributed by atoms with Crippen molar-refractivity contribution < 1.29 is 57.2 Å². The molecule has 0 heterocycles. The van der Waals surface area contributed by atoms with Gasteiger partial charge in [-0.15, -0.1) is 0 Å². The van der Waals surface area contributed by atoms with Crippen molar-refractivity contribution in [2.24, 2.45) is 0 Å². The molecule has 0 bridgehead atoms. The van der Waals surface area contributed by atoms with E-state index in [9.17, 15) is 28.8 Å². The van der Waals surface area contributed by atoms with E-state index >= 15 is 0 Å². The van der Waals surface area contributed by atoms with Crippen molar-refractivity contribution in [3.63, 3.8) is 0 Å². The van der Waals surface area contributed by atoms with E-state index in [4.69, 9.17) is 28.4 Å². The Balaban J connectivity index is 1.73. The summed E-state index contributed by atoms with van der Waals surface area (Å²) >= 11 is 0. The largest absolute Gasteiger partial charge is 0.514 e. The molecule has 382 valence electrons. The summed E-state index contributed by atoms with van der Waals surface area (Å²) in [7, 11) is 0. The number of unbranched alkanes of at least 4 members (excludes halogenated alkanes) is 24. The third-order valence-corrected chi connectivity index (χ3v) is 11.8. The number of ether oxygens (including phenoxy) is 6. The zero-order valence-electron chi connectivity index (χ0n) is 42.1. The molecule has 0 amide bonds. The van der Waals surface area contributed by atoms with Gasteiger partial charge in [0.15, 0.2) is 6.10 Å². The number of hydrogen-bond donors (Lipinski definition) is 0. The number of carbonyl (C=O) groups is 6. The number of rotatable bonds is 42. The maximum absolute atomic E-state index is 12.9. The number of esters is 4. The Morgan fingerprint density at radius 2 is 0.765 bits per heavy atom. The Hall–Kier alpha value is -4.74. The van der Waals surface area contributed by atoms with Crippen LogP contribution in [0.1, 0.15) is 225 Å². The molecule has 0 unspecified atom stereocenters. The molecule has 2 aromatic rings. The summed E-state index contributed by atoms with van der Waals surface area (Å²) in [5.74, 6) is -1.66. The Kier molecular flexibility index (Phi) is 35.1. The van der Waals surface area contributed by atoms with Gasteiger partial charge in [-0.25, -0.2) is 4.79 Å². The van der Waals surface area contributed by atoms with Crippen LogP contribution in [0.4, 0.5) is 4.79 Å². The molecule has 12 heteroatoms. The van der Waals surface area contributed by atoms with Crippen LogP contribution < -0.4 is 9.47 Å². The summed E-state index contributed by atoms with van der Waals surface area (Å²) in [5.41, 5.74) is 1.42. The van der Waals surface area contributed by atoms with E-state index in [1.165, 1.54) is 135 Å². The van der Waals surface area contributed by atoms with Gasteiger partial charge in [-0.3, -0.25) is 24.0 Å². The lowest BCUT2D eigenvalue weighted by Crippen LogP contribution is -2.31. The van der Waals surface area contributed by atoms with Gasteiger partial charge in [0, 0.05) is 19.3 Å². The number of carbonyl (C=O) groups excluding carboxylic acids is 6. The van der Waals surface area contributed by atoms with Gasteiger partial charge in [0.05, 0.1) is 12.8 Å². The number of hydrogen-bond acceptors (Lipinski definition) is 12. The van der Waals surface area contributed by atoms with Crippen LogP contribution in [0, 0.1) is 0 Å². The van der Waals surface area contributed by atoms with Crippen molar-refractivity contribution in [3.05, 3.63) is 59.7 Å². The van der Waals surface area contributed by atoms with Crippen molar-refractivity contribution in [1.82, 2.24) is 0 Å². The second kappa shape index (κ2) is 40.2. The van der Waals surface area contributed by atoms with Crippen LogP contribution in [0.15, 0.2) is 48.5 Å². The lowest BCUT2D eigenvalue weighted by atomic mass is 10.0. The zero-order chi connectivity index (χ0) is 49.3. The van der Waals surface area contributed by atoms with Crippen molar-refractivity contribution in [2.45, 2.75) is 233 Å². The van der Waals surface area contributed by atoms with Gasteiger partial charge in [0.1, 0.15) is 37.1 Å².